The number of hydrogen-bond acceptors (Lipinski definition) is 2. The molecular formula is C13H17ClO2. The summed E-state index contributed by atoms with van der Waals surface area (Å²) >= 11 is 5.82. The van der Waals surface area contributed by atoms with Crippen molar-refractivity contribution in [2.75, 3.05) is 12.7 Å². The highest BCUT2D eigenvalue weighted by molar-refractivity contribution is 6.18. The summed E-state index contributed by atoms with van der Waals surface area (Å²) in [5.41, 5.74) is 0. The van der Waals surface area contributed by atoms with Crippen molar-refractivity contribution in [3.8, 4) is 5.75 Å². The van der Waals surface area contributed by atoms with E-state index in [2.05, 4.69) is 0 Å². The molecule has 0 radical (unpaired) electrons. The highest BCUT2D eigenvalue weighted by atomic mass is 35.5. The molecule has 1 saturated carbocycles. The van der Waals surface area contributed by atoms with Gasteiger partial charge in [0.05, 0.1) is 6.10 Å². The van der Waals surface area contributed by atoms with Crippen molar-refractivity contribution in [2.45, 2.75) is 25.4 Å². The predicted octanol–water partition coefficient (Wildman–Crippen LogP) is 3.45. The van der Waals surface area contributed by atoms with Crippen molar-refractivity contribution in [3.63, 3.8) is 0 Å². The van der Waals surface area contributed by atoms with Crippen molar-refractivity contribution >= 4 is 11.6 Å². The largest absolute Gasteiger partial charge is 0.468 e. The Morgan fingerprint density at radius 3 is 2.69 bits per heavy atom. The zero-order valence-corrected chi connectivity index (χ0v) is 10.0. The van der Waals surface area contributed by atoms with E-state index in [-0.39, 0.29) is 0 Å². The van der Waals surface area contributed by atoms with E-state index in [0.29, 0.717) is 18.8 Å². The summed E-state index contributed by atoms with van der Waals surface area (Å²) < 4.78 is 11.1. The third kappa shape index (κ3) is 3.39. The quantitative estimate of drug-likeness (QED) is 0.580. The second kappa shape index (κ2) is 6.12. The molecule has 1 aromatic carbocycles. The van der Waals surface area contributed by atoms with Gasteiger partial charge in [0.15, 0.2) is 6.79 Å². The van der Waals surface area contributed by atoms with Gasteiger partial charge in [-0.05, 0) is 37.3 Å². The van der Waals surface area contributed by atoms with Crippen LogP contribution in [0.25, 0.3) is 0 Å². The number of halogens is 1. The zero-order chi connectivity index (χ0) is 11.2. The fourth-order valence-electron chi connectivity index (χ4n) is 2.04. The number of para-hydroxylation sites is 1. The minimum atomic E-state index is 0.326. The zero-order valence-electron chi connectivity index (χ0n) is 9.27. The van der Waals surface area contributed by atoms with Crippen molar-refractivity contribution in [2.24, 2.45) is 5.92 Å². The Hall–Kier alpha value is -0.730. The van der Waals surface area contributed by atoms with Crippen LogP contribution in [-0.4, -0.2) is 18.8 Å². The van der Waals surface area contributed by atoms with Crippen molar-refractivity contribution in [1.29, 1.82) is 0 Å². The molecule has 2 rings (SSSR count). The molecule has 0 saturated heterocycles. The average Bonchev–Trinajstić information content (AvgIpc) is 2.78. The smallest absolute Gasteiger partial charge is 0.189 e. The van der Waals surface area contributed by atoms with Gasteiger partial charge < -0.3 is 9.47 Å². The maximum atomic E-state index is 5.82. The lowest BCUT2D eigenvalue weighted by Gasteiger charge is -2.12. The number of alkyl halides is 1. The maximum Gasteiger partial charge on any atom is 0.189 e. The summed E-state index contributed by atoms with van der Waals surface area (Å²) in [6, 6.07) is 9.73. The van der Waals surface area contributed by atoms with Gasteiger partial charge in [-0.2, -0.15) is 0 Å². The Morgan fingerprint density at radius 2 is 2.00 bits per heavy atom. The molecule has 2 unspecified atom stereocenters. The summed E-state index contributed by atoms with van der Waals surface area (Å²) in [7, 11) is 0. The normalized spacial score (nSPS) is 24.6. The molecule has 2 atom stereocenters. The van der Waals surface area contributed by atoms with Gasteiger partial charge in [-0.1, -0.05) is 18.2 Å². The predicted molar refractivity (Wildman–Crippen MR) is 64.9 cm³/mol. The molecule has 16 heavy (non-hydrogen) atoms. The minimum absolute atomic E-state index is 0.326. The summed E-state index contributed by atoms with van der Waals surface area (Å²) in [6.07, 6.45) is 3.68. The Balaban J connectivity index is 1.65. The lowest BCUT2D eigenvalue weighted by Crippen LogP contribution is -2.13. The van der Waals surface area contributed by atoms with Gasteiger partial charge in [-0.3, -0.25) is 0 Å². The molecule has 0 heterocycles. The average molecular weight is 241 g/mol. The summed E-state index contributed by atoms with van der Waals surface area (Å²) in [5.74, 6) is 2.23. The lowest BCUT2D eigenvalue weighted by molar-refractivity contribution is -0.0337. The first-order valence-corrected chi connectivity index (χ1v) is 6.27. The van der Waals surface area contributed by atoms with Crippen LogP contribution in [0.15, 0.2) is 30.3 Å². The highest BCUT2D eigenvalue weighted by Crippen LogP contribution is 2.28. The van der Waals surface area contributed by atoms with Crippen LogP contribution in [0, 0.1) is 5.92 Å². The minimum Gasteiger partial charge on any atom is -0.468 e. The fourth-order valence-corrected chi connectivity index (χ4v) is 2.32. The molecule has 1 aliphatic carbocycles. The first kappa shape index (κ1) is 11.7. The van der Waals surface area contributed by atoms with Crippen LogP contribution in [0.2, 0.25) is 0 Å². The van der Waals surface area contributed by atoms with Gasteiger partial charge in [-0.15, -0.1) is 11.6 Å². The Labute approximate surface area is 102 Å². The molecule has 3 heteroatoms. The number of rotatable bonds is 5. The third-order valence-electron chi connectivity index (χ3n) is 2.98. The summed E-state index contributed by atoms with van der Waals surface area (Å²) in [5, 5.41) is 0. The molecule has 1 aromatic rings. The van der Waals surface area contributed by atoms with E-state index in [1.54, 1.807) is 0 Å². The molecular weight excluding hydrogens is 224 g/mol. The van der Waals surface area contributed by atoms with Gasteiger partial charge in [0.25, 0.3) is 0 Å². The molecule has 2 nitrogen and oxygen atoms in total. The fraction of sp³-hybridized carbons (Fsp3) is 0.538. The standard InChI is InChI=1S/C13H17ClO2/c14-9-11-6-7-13(8-11)16-10-15-12-4-2-1-3-5-12/h1-5,11,13H,6-10H2. The first-order valence-electron chi connectivity index (χ1n) is 5.74. The Kier molecular flexibility index (Phi) is 4.49. The molecule has 0 N–H and O–H groups in total. The molecule has 88 valence electrons. The summed E-state index contributed by atoms with van der Waals surface area (Å²) in [4.78, 5) is 0. The van der Waals surface area contributed by atoms with Crippen molar-refractivity contribution < 1.29 is 9.47 Å². The summed E-state index contributed by atoms with van der Waals surface area (Å²) in [6.45, 7) is 0.337. The Morgan fingerprint density at radius 1 is 1.19 bits per heavy atom. The molecule has 1 aliphatic rings. The van der Waals surface area contributed by atoms with Crippen LogP contribution in [-0.2, 0) is 4.74 Å². The molecule has 0 aliphatic heterocycles. The van der Waals surface area contributed by atoms with Gasteiger partial charge in [0.2, 0.25) is 0 Å². The highest BCUT2D eigenvalue weighted by Gasteiger charge is 2.24. The number of ether oxygens (including phenoxy) is 2. The number of benzene rings is 1. The second-order valence-electron chi connectivity index (χ2n) is 4.20. The molecule has 1 fully saturated rings. The lowest BCUT2D eigenvalue weighted by atomic mass is 10.1. The molecule has 0 amide bonds. The van der Waals surface area contributed by atoms with E-state index in [4.69, 9.17) is 21.1 Å². The number of hydrogen-bond donors (Lipinski definition) is 0. The Bertz CT molecular complexity index is 302. The molecule has 0 spiro atoms. The van der Waals surface area contributed by atoms with Crippen molar-refractivity contribution in [1.82, 2.24) is 0 Å². The van der Waals surface area contributed by atoms with E-state index in [1.807, 2.05) is 30.3 Å². The third-order valence-corrected chi connectivity index (χ3v) is 3.42. The van der Waals surface area contributed by atoms with E-state index in [1.165, 1.54) is 6.42 Å². The van der Waals surface area contributed by atoms with E-state index in [0.717, 1.165) is 24.5 Å². The molecule has 0 bridgehead atoms. The van der Waals surface area contributed by atoms with Crippen molar-refractivity contribution in [3.05, 3.63) is 30.3 Å². The first-order chi connectivity index (χ1) is 7.88. The maximum absolute atomic E-state index is 5.82. The van der Waals surface area contributed by atoms with E-state index < -0.39 is 0 Å². The van der Waals surface area contributed by atoms with Gasteiger partial charge in [0.1, 0.15) is 5.75 Å². The van der Waals surface area contributed by atoms with E-state index in [9.17, 15) is 0 Å². The van der Waals surface area contributed by atoms with Crippen LogP contribution < -0.4 is 4.74 Å². The van der Waals surface area contributed by atoms with Gasteiger partial charge in [-0.25, -0.2) is 0 Å². The van der Waals surface area contributed by atoms with Crippen LogP contribution in [0.3, 0.4) is 0 Å². The van der Waals surface area contributed by atoms with Gasteiger partial charge >= 0.3 is 0 Å². The van der Waals surface area contributed by atoms with Crippen LogP contribution in [0.4, 0.5) is 0 Å². The molecule has 0 aromatic heterocycles. The van der Waals surface area contributed by atoms with E-state index >= 15 is 0 Å². The SMILES string of the molecule is ClCC1CCC(OCOc2ccccc2)C1. The second-order valence-corrected chi connectivity index (χ2v) is 4.51. The van der Waals surface area contributed by atoms with Crippen LogP contribution in [0.5, 0.6) is 5.75 Å². The van der Waals surface area contributed by atoms with Crippen LogP contribution in [0.1, 0.15) is 19.3 Å². The van der Waals surface area contributed by atoms with Gasteiger partial charge in [0, 0.05) is 5.88 Å². The topological polar surface area (TPSA) is 18.5 Å². The monoisotopic (exact) mass is 240 g/mol. The van der Waals surface area contributed by atoms with Crippen LogP contribution >= 0.6 is 11.6 Å².